The van der Waals surface area contributed by atoms with Crippen LogP contribution < -0.4 is 5.32 Å². The fourth-order valence-electron chi connectivity index (χ4n) is 3.37. The molecule has 0 aliphatic heterocycles. The zero-order valence-electron chi connectivity index (χ0n) is 14.1. The Hall–Kier alpha value is -2.40. The zero-order chi connectivity index (χ0) is 17.4. The fraction of sp³-hybridized carbons (Fsp3) is 0.316. The van der Waals surface area contributed by atoms with E-state index in [1.807, 2.05) is 29.8 Å². The predicted molar refractivity (Wildman–Crippen MR) is 98.4 cm³/mol. The summed E-state index contributed by atoms with van der Waals surface area (Å²) in [5, 5.41) is 7.99. The third kappa shape index (κ3) is 2.89. The third-order valence-electron chi connectivity index (χ3n) is 4.83. The average Bonchev–Trinajstić information content (AvgIpc) is 2.89. The van der Waals surface area contributed by atoms with Gasteiger partial charge in [-0.15, -0.1) is 0 Å². The van der Waals surface area contributed by atoms with E-state index in [1.165, 1.54) is 24.1 Å². The summed E-state index contributed by atoms with van der Waals surface area (Å²) < 4.78 is 1.83. The molecule has 25 heavy (non-hydrogen) atoms. The smallest absolute Gasteiger partial charge is 0.261 e. The molecule has 6 heteroatoms. The van der Waals surface area contributed by atoms with Gasteiger partial charge in [-0.1, -0.05) is 24.1 Å². The van der Waals surface area contributed by atoms with E-state index in [1.54, 1.807) is 12.3 Å². The number of carbonyl (C=O) groups is 1. The van der Waals surface area contributed by atoms with Gasteiger partial charge in [0.1, 0.15) is 5.56 Å². The second-order valence-corrected chi connectivity index (χ2v) is 6.86. The number of nitrogens with zero attached hydrogens (tertiary/aromatic N) is 3. The Morgan fingerprint density at radius 1 is 1.20 bits per heavy atom. The Morgan fingerprint density at radius 2 is 2.04 bits per heavy atom. The molecular formula is C19H19ClN4O. The van der Waals surface area contributed by atoms with Gasteiger partial charge in [-0.3, -0.25) is 4.79 Å². The number of rotatable bonds is 2. The van der Waals surface area contributed by atoms with E-state index < -0.39 is 0 Å². The van der Waals surface area contributed by atoms with E-state index in [0.29, 0.717) is 21.9 Å². The van der Waals surface area contributed by atoms with Crippen LogP contribution in [0.25, 0.3) is 5.65 Å². The van der Waals surface area contributed by atoms with Gasteiger partial charge in [-0.05, 0) is 55.9 Å². The molecule has 1 N–H and O–H groups in total. The lowest BCUT2D eigenvalue weighted by Gasteiger charge is -2.10. The van der Waals surface area contributed by atoms with Crippen molar-refractivity contribution in [1.29, 1.82) is 0 Å². The highest BCUT2D eigenvalue weighted by atomic mass is 35.5. The quantitative estimate of drug-likeness (QED) is 0.701. The number of hydrogen-bond donors (Lipinski definition) is 1. The van der Waals surface area contributed by atoms with Crippen molar-refractivity contribution in [1.82, 2.24) is 14.6 Å². The number of aromatic nitrogens is 3. The minimum atomic E-state index is -0.221. The van der Waals surface area contributed by atoms with Crippen LogP contribution in [0.5, 0.6) is 0 Å². The summed E-state index contributed by atoms with van der Waals surface area (Å²) in [5.74, 6) is -0.221. The number of anilines is 1. The van der Waals surface area contributed by atoms with E-state index in [-0.39, 0.29) is 5.91 Å². The van der Waals surface area contributed by atoms with Gasteiger partial charge in [-0.25, -0.2) is 9.50 Å². The van der Waals surface area contributed by atoms with Gasteiger partial charge in [0, 0.05) is 22.6 Å². The van der Waals surface area contributed by atoms with E-state index in [0.717, 1.165) is 24.8 Å². The molecule has 0 saturated carbocycles. The highest BCUT2D eigenvalue weighted by Crippen LogP contribution is 2.25. The molecule has 1 aromatic carbocycles. The molecule has 0 fully saturated rings. The number of carbonyl (C=O) groups excluding carboxylic acids is 1. The van der Waals surface area contributed by atoms with E-state index in [4.69, 9.17) is 11.6 Å². The second-order valence-electron chi connectivity index (χ2n) is 6.45. The molecule has 2 aromatic heterocycles. The van der Waals surface area contributed by atoms with Crippen molar-refractivity contribution in [2.75, 3.05) is 5.32 Å². The molecule has 1 amide bonds. The van der Waals surface area contributed by atoms with E-state index >= 15 is 0 Å². The summed E-state index contributed by atoms with van der Waals surface area (Å²) in [6.07, 6.45) is 9.06. The molecule has 2 heterocycles. The molecule has 1 aliphatic rings. The fourth-order valence-corrected chi connectivity index (χ4v) is 3.54. The first kappa shape index (κ1) is 16.1. The largest absolute Gasteiger partial charge is 0.322 e. The number of fused-ring (bicyclic) bond motifs is 3. The predicted octanol–water partition coefficient (Wildman–Crippen LogP) is 4.21. The Bertz CT molecular complexity index is 963. The Labute approximate surface area is 151 Å². The van der Waals surface area contributed by atoms with Crippen LogP contribution in [0.2, 0.25) is 5.02 Å². The van der Waals surface area contributed by atoms with Crippen LogP contribution in [-0.2, 0) is 12.8 Å². The Balaban J connectivity index is 1.71. The van der Waals surface area contributed by atoms with Crippen molar-refractivity contribution in [3.63, 3.8) is 0 Å². The third-order valence-corrected chi connectivity index (χ3v) is 5.24. The lowest BCUT2D eigenvalue weighted by molar-refractivity contribution is 0.102. The summed E-state index contributed by atoms with van der Waals surface area (Å²) in [4.78, 5) is 17.3. The van der Waals surface area contributed by atoms with Gasteiger partial charge < -0.3 is 5.32 Å². The molecule has 0 bridgehead atoms. The van der Waals surface area contributed by atoms with Crippen molar-refractivity contribution < 1.29 is 4.79 Å². The van der Waals surface area contributed by atoms with Crippen LogP contribution >= 0.6 is 11.6 Å². The van der Waals surface area contributed by atoms with Gasteiger partial charge in [0.05, 0.1) is 6.20 Å². The number of amides is 1. The minimum Gasteiger partial charge on any atom is -0.322 e. The van der Waals surface area contributed by atoms with Gasteiger partial charge >= 0.3 is 0 Å². The highest BCUT2D eigenvalue weighted by molar-refractivity contribution is 6.31. The number of halogens is 1. The van der Waals surface area contributed by atoms with Crippen molar-refractivity contribution in [2.24, 2.45) is 0 Å². The van der Waals surface area contributed by atoms with Crippen LogP contribution in [-0.4, -0.2) is 20.5 Å². The molecule has 128 valence electrons. The van der Waals surface area contributed by atoms with Crippen LogP contribution in [0, 0.1) is 6.92 Å². The maximum Gasteiger partial charge on any atom is 0.261 e. The topological polar surface area (TPSA) is 59.3 Å². The summed E-state index contributed by atoms with van der Waals surface area (Å²) in [6.45, 7) is 1.88. The molecule has 0 atom stereocenters. The summed E-state index contributed by atoms with van der Waals surface area (Å²) in [7, 11) is 0. The minimum absolute atomic E-state index is 0.221. The van der Waals surface area contributed by atoms with Crippen LogP contribution in [0.15, 0.2) is 30.6 Å². The SMILES string of the molecule is Cc1c(Cl)cccc1NC(=O)c1cnn2c3c(cnc12)CCCCC3. The number of nitrogens with one attached hydrogen (secondary N) is 1. The maximum absolute atomic E-state index is 12.7. The number of benzene rings is 1. The first-order valence-electron chi connectivity index (χ1n) is 8.56. The lowest BCUT2D eigenvalue weighted by atomic mass is 10.1. The first-order chi connectivity index (χ1) is 12.1. The van der Waals surface area contributed by atoms with Crippen molar-refractivity contribution in [3.8, 4) is 0 Å². The summed E-state index contributed by atoms with van der Waals surface area (Å²) >= 11 is 6.13. The van der Waals surface area contributed by atoms with E-state index in [2.05, 4.69) is 15.4 Å². The molecular weight excluding hydrogens is 336 g/mol. The first-order valence-corrected chi connectivity index (χ1v) is 8.94. The summed E-state index contributed by atoms with van der Waals surface area (Å²) in [6, 6.07) is 5.46. The standard InChI is InChI=1S/C19H19ClN4O/c1-12-15(20)7-5-8-16(12)23-19(25)14-11-22-24-17-9-4-2-3-6-13(17)10-21-18(14)24/h5,7-8,10-11H,2-4,6,9H2,1H3,(H,23,25). The molecule has 1 aliphatic carbocycles. The molecule has 0 unspecified atom stereocenters. The Kier molecular flexibility index (Phi) is 4.17. The normalized spacial score (nSPS) is 14.2. The van der Waals surface area contributed by atoms with E-state index in [9.17, 15) is 4.79 Å². The summed E-state index contributed by atoms with van der Waals surface area (Å²) in [5.41, 5.74) is 5.05. The van der Waals surface area contributed by atoms with Gasteiger partial charge in [0.25, 0.3) is 5.91 Å². The molecule has 0 saturated heterocycles. The molecule has 3 aromatic rings. The number of aryl methyl sites for hydroxylation is 2. The number of hydrogen-bond acceptors (Lipinski definition) is 3. The van der Waals surface area contributed by atoms with Gasteiger partial charge in [0.2, 0.25) is 0 Å². The molecule has 0 radical (unpaired) electrons. The zero-order valence-corrected chi connectivity index (χ0v) is 14.8. The average molecular weight is 355 g/mol. The van der Waals surface area contributed by atoms with Crippen LogP contribution in [0.4, 0.5) is 5.69 Å². The van der Waals surface area contributed by atoms with Gasteiger partial charge in [0.15, 0.2) is 5.65 Å². The Morgan fingerprint density at radius 3 is 2.92 bits per heavy atom. The van der Waals surface area contributed by atoms with Crippen molar-refractivity contribution in [3.05, 3.63) is 58.0 Å². The lowest BCUT2D eigenvalue weighted by Crippen LogP contribution is -2.13. The van der Waals surface area contributed by atoms with Crippen LogP contribution in [0.1, 0.15) is 46.4 Å². The monoisotopic (exact) mass is 354 g/mol. The maximum atomic E-state index is 12.7. The van der Waals surface area contributed by atoms with Crippen LogP contribution in [0.3, 0.4) is 0 Å². The second kappa shape index (κ2) is 6.48. The highest BCUT2D eigenvalue weighted by Gasteiger charge is 2.19. The molecule has 5 nitrogen and oxygen atoms in total. The molecule has 4 rings (SSSR count). The molecule has 0 spiro atoms. The van der Waals surface area contributed by atoms with Crippen molar-refractivity contribution >= 4 is 28.8 Å². The van der Waals surface area contributed by atoms with Crippen molar-refractivity contribution in [2.45, 2.75) is 39.0 Å². The van der Waals surface area contributed by atoms with Gasteiger partial charge in [-0.2, -0.15) is 5.10 Å².